The molecule has 1 atom stereocenters. The zero-order valence-electron chi connectivity index (χ0n) is 17.2. The lowest BCUT2D eigenvalue weighted by Crippen LogP contribution is -2.47. The molecule has 2 heterocycles. The van der Waals surface area contributed by atoms with E-state index in [1.165, 1.54) is 4.88 Å². The third-order valence-corrected chi connectivity index (χ3v) is 5.01. The van der Waals surface area contributed by atoms with Gasteiger partial charge in [-0.3, -0.25) is 0 Å². The number of aryl methyl sites for hydroxylation is 1. The first-order valence-corrected chi connectivity index (χ1v) is 10.5. The van der Waals surface area contributed by atoms with Gasteiger partial charge in [-0.05, 0) is 53.4 Å². The van der Waals surface area contributed by atoms with Gasteiger partial charge < -0.3 is 20.3 Å². The average molecular weight is 396 g/mol. The Morgan fingerprint density at radius 3 is 2.85 bits per heavy atom. The first-order chi connectivity index (χ1) is 12.8. The van der Waals surface area contributed by atoms with Crippen molar-refractivity contribution in [3.05, 3.63) is 16.1 Å². The van der Waals surface area contributed by atoms with Crippen molar-refractivity contribution in [3.63, 3.8) is 0 Å². The van der Waals surface area contributed by atoms with Gasteiger partial charge in [0.25, 0.3) is 0 Å². The average Bonchev–Trinajstić information content (AvgIpc) is 3.01. The van der Waals surface area contributed by atoms with E-state index in [1.54, 1.807) is 11.3 Å². The highest BCUT2D eigenvalue weighted by molar-refractivity contribution is 7.11. The predicted octanol–water partition coefficient (Wildman–Crippen LogP) is 3.15. The van der Waals surface area contributed by atoms with Crippen molar-refractivity contribution in [2.45, 2.75) is 59.6 Å². The third-order valence-electron chi connectivity index (χ3n) is 4.11. The quantitative estimate of drug-likeness (QED) is 0.591. The number of likely N-dealkylation sites (tertiary alicyclic amines) is 1. The Morgan fingerprint density at radius 1 is 1.44 bits per heavy atom. The molecule has 1 unspecified atom stereocenters. The number of nitrogens with one attached hydrogen (secondary N) is 2. The Balaban J connectivity index is 1.85. The summed E-state index contributed by atoms with van der Waals surface area (Å²) < 4.78 is 5.50. The van der Waals surface area contributed by atoms with Crippen LogP contribution >= 0.6 is 11.3 Å². The van der Waals surface area contributed by atoms with E-state index < -0.39 is 5.60 Å². The molecular formula is C19H33N5O2S. The van der Waals surface area contributed by atoms with Crippen molar-refractivity contribution in [3.8, 4) is 0 Å². The summed E-state index contributed by atoms with van der Waals surface area (Å²) in [5.41, 5.74) is -0.457. The molecule has 1 aliphatic heterocycles. The van der Waals surface area contributed by atoms with E-state index >= 15 is 0 Å². The number of guanidine groups is 1. The molecule has 0 spiro atoms. The molecule has 0 aliphatic carbocycles. The molecule has 27 heavy (non-hydrogen) atoms. The summed E-state index contributed by atoms with van der Waals surface area (Å²) in [5.74, 6) is 1.18. The van der Waals surface area contributed by atoms with Crippen LogP contribution in [0.4, 0.5) is 4.79 Å². The minimum atomic E-state index is -0.457. The molecule has 0 aromatic carbocycles. The van der Waals surface area contributed by atoms with Gasteiger partial charge in [0.1, 0.15) is 10.6 Å². The summed E-state index contributed by atoms with van der Waals surface area (Å²) in [6, 6.07) is 0. The van der Waals surface area contributed by atoms with Crippen molar-refractivity contribution < 1.29 is 9.53 Å². The van der Waals surface area contributed by atoms with Crippen LogP contribution in [0.5, 0.6) is 0 Å². The number of ether oxygens (including phenoxy) is 1. The molecule has 8 heteroatoms. The fourth-order valence-electron chi connectivity index (χ4n) is 2.93. The molecule has 1 aromatic rings. The van der Waals surface area contributed by atoms with Gasteiger partial charge in [0.05, 0.1) is 6.54 Å². The number of carbonyl (C=O) groups is 1. The lowest BCUT2D eigenvalue weighted by atomic mass is 9.98. The van der Waals surface area contributed by atoms with E-state index in [0.717, 1.165) is 43.4 Å². The Hall–Kier alpha value is -1.83. The number of piperidine rings is 1. The number of aromatic nitrogens is 1. The van der Waals surface area contributed by atoms with E-state index in [9.17, 15) is 4.79 Å². The second-order valence-corrected chi connectivity index (χ2v) is 9.19. The van der Waals surface area contributed by atoms with E-state index in [1.807, 2.05) is 38.8 Å². The lowest BCUT2D eigenvalue weighted by Gasteiger charge is -2.34. The first-order valence-electron chi connectivity index (χ1n) is 9.68. The zero-order valence-corrected chi connectivity index (χ0v) is 18.0. The molecule has 1 amide bonds. The van der Waals surface area contributed by atoms with Crippen LogP contribution in [0.1, 0.15) is 50.4 Å². The fraction of sp³-hybridized carbons (Fsp3) is 0.737. The predicted molar refractivity (Wildman–Crippen MR) is 110 cm³/mol. The zero-order chi connectivity index (χ0) is 19.9. The third kappa shape index (κ3) is 7.74. The van der Waals surface area contributed by atoms with Gasteiger partial charge in [0.15, 0.2) is 5.96 Å². The van der Waals surface area contributed by atoms with Crippen LogP contribution in [-0.4, -0.2) is 53.7 Å². The highest BCUT2D eigenvalue weighted by Crippen LogP contribution is 2.19. The topological polar surface area (TPSA) is 78.9 Å². The molecule has 1 saturated heterocycles. The molecular weight excluding hydrogens is 362 g/mol. The van der Waals surface area contributed by atoms with Crippen molar-refractivity contribution in [2.75, 3.05) is 26.2 Å². The molecule has 2 N–H and O–H groups in total. The van der Waals surface area contributed by atoms with Crippen LogP contribution in [0.15, 0.2) is 11.2 Å². The van der Waals surface area contributed by atoms with Gasteiger partial charge in [-0.25, -0.2) is 14.8 Å². The van der Waals surface area contributed by atoms with Crippen LogP contribution in [-0.2, 0) is 11.3 Å². The molecule has 2 rings (SSSR count). The molecule has 0 bridgehead atoms. The summed E-state index contributed by atoms with van der Waals surface area (Å²) in [4.78, 5) is 24.3. The maximum Gasteiger partial charge on any atom is 0.410 e. The van der Waals surface area contributed by atoms with Gasteiger partial charge >= 0.3 is 6.09 Å². The standard InChI is InChI=1S/C19H33N5O2S/c1-6-20-17(23-12-16-21-10-14(2)27-16)22-11-15-8-7-9-24(13-15)18(25)26-19(3,4)5/h10,15H,6-9,11-13H2,1-5H3,(H2,20,22,23). The van der Waals surface area contributed by atoms with Crippen LogP contribution in [0.3, 0.4) is 0 Å². The van der Waals surface area contributed by atoms with Crippen LogP contribution in [0, 0.1) is 12.8 Å². The first kappa shape index (κ1) is 21.5. The Labute approximate surface area is 166 Å². The molecule has 0 radical (unpaired) electrons. The summed E-state index contributed by atoms with van der Waals surface area (Å²) in [5, 5.41) is 7.70. The van der Waals surface area contributed by atoms with Gasteiger partial charge in [-0.15, -0.1) is 11.3 Å². The van der Waals surface area contributed by atoms with Crippen LogP contribution in [0.2, 0.25) is 0 Å². The monoisotopic (exact) mass is 395 g/mol. The van der Waals surface area contributed by atoms with Crippen molar-refractivity contribution in [1.82, 2.24) is 20.5 Å². The van der Waals surface area contributed by atoms with Gasteiger partial charge in [-0.1, -0.05) is 0 Å². The number of aliphatic imine (C=N–C) groups is 1. The maximum atomic E-state index is 12.3. The van der Waals surface area contributed by atoms with E-state index in [4.69, 9.17) is 4.74 Å². The van der Waals surface area contributed by atoms with E-state index in [0.29, 0.717) is 19.0 Å². The lowest BCUT2D eigenvalue weighted by molar-refractivity contribution is 0.0168. The number of amides is 1. The molecule has 0 saturated carbocycles. The van der Waals surface area contributed by atoms with Gasteiger partial charge in [0.2, 0.25) is 0 Å². The normalized spacial score (nSPS) is 18.3. The Bertz CT molecular complexity index is 638. The minimum Gasteiger partial charge on any atom is -0.444 e. The highest BCUT2D eigenvalue weighted by atomic mass is 32.1. The maximum absolute atomic E-state index is 12.3. The number of carbonyl (C=O) groups excluding carboxylic acids is 1. The largest absolute Gasteiger partial charge is 0.444 e. The second kappa shape index (κ2) is 9.92. The summed E-state index contributed by atoms with van der Waals surface area (Å²) in [6.07, 6.45) is 3.75. The van der Waals surface area contributed by atoms with Gasteiger partial charge in [0, 0.05) is 37.3 Å². The second-order valence-electron chi connectivity index (χ2n) is 7.88. The molecule has 152 valence electrons. The number of rotatable bonds is 5. The van der Waals surface area contributed by atoms with Crippen LogP contribution in [0.25, 0.3) is 0 Å². The smallest absolute Gasteiger partial charge is 0.410 e. The molecule has 1 fully saturated rings. The fourth-order valence-corrected chi connectivity index (χ4v) is 3.64. The molecule has 1 aliphatic rings. The number of thiazole rings is 1. The molecule has 1 aromatic heterocycles. The van der Waals surface area contributed by atoms with E-state index in [2.05, 4.69) is 27.5 Å². The van der Waals surface area contributed by atoms with Crippen LogP contribution < -0.4 is 10.6 Å². The number of hydrogen-bond donors (Lipinski definition) is 2. The van der Waals surface area contributed by atoms with Gasteiger partial charge in [-0.2, -0.15) is 0 Å². The van der Waals surface area contributed by atoms with E-state index in [-0.39, 0.29) is 6.09 Å². The van der Waals surface area contributed by atoms with Crippen molar-refractivity contribution >= 4 is 23.4 Å². The number of hydrogen-bond acceptors (Lipinski definition) is 5. The minimum absolute atomic E-state index is 0.216. The molecule has 7 nitrogen and oxygen atoms in total. The SMILES string of the molecule is CCNC(=NCc1ncc(C)s1)NCC1CCCN(C(=O)OC(C)(C)C)C1. The summed E-state index contributed by atoms with van der Waals surface area (Å²) in [6.45, 7) is 13.4. The Kier molecular flexibility index (Phi) is 7.89. The Morgan fingerprint density at radius 2 is 2.22 bits per heavy atom. The highest BCUT2D eigenvalue weighted by Gasteiger charge is 2.27. The number of nitrogens with zero attached hydrogens (tertiary/aromatic N) is 3. The van der Waals surface area contributed by atoms with Crippen molar-refractivity contribution in [1.29, 1.82) is 0 Å². The summed E-state index contributed by atoms with van der Waals surface area (Å²) in [7, 11) is 0. The summed E-state index contributed by atoms with van der Waals surface area (Å²) >= 11 is 1.67. The van der Waals surface area contributed by atoms with Crippen molar-refractivity contribution in [2.24, 2.45) is 10.9 Å².